The van der Waals surface area contributed by atoms with Crippen molar-refractivity contribution < 1.29 is 23.7 Å². The van der Waals surface area contributed by atoms with Crippen LogP contribution in [0.1, 0.15) is 70.4 Å². The summed E-state index contributed by atoms with van der Waals surface area (Å²) in [6.45, 7) is 8.88. The molecule has 0 radical (unpaired) electrons. The van der Waals surface area contributed by atoms with Gasteiger partial charge in [0.25, 0.3) is 0 Å². The molecule has 0 fully saturated rings. The fraction of sp³-hybridized carbons (Fsp3) is 0.395. The van der Waals surface area contributed by atoms with Crippen molar-refractivity contribution in [1.82, 2.24) is 0 Å². The van der Waals surface area contributed by atoms with Crippen LogP contribution in [-0.2, 0) is 4.79 Å². The number of anilines is 2. The number of hydrogen-bond acceptors (Lipinski definition) is 9. The zero-order valence-electron chi connectivity index (χ0n) is 28.4. The van der Waals surface area contributed by atoms with Crippen molar-refractivity contribution in [3.8, 4) is 23.0 Å². The van der Waals surface area contributed by atoms with Gasteiger partial charge in [0.1, 0.15) is 17.3 Å². The van der Waals surface area contributed by atoms with Gasteiger partial charge in [0.2, 0.25) is 10.9 Å². The lowest BCUT2D eigenvalue weighted by atomic mass is 9.80. The number of ether oxygens (including phenoxy) is 4. The van der Waals surface area contributed by atoms with Crippen molar-refractivity contribution in [2.75, 3.05) is 52.2 Å². The maximum atomic E-state index is 14.7. The van der Waals surface area contributed by atoms with Crippen LogP contribution in [0.15, 0.2) is 27.3 Å². The third-order valence-electron chi connectivity index (χ3n) is 9.54. The molecule has 0 aliphatic heterocycles. The molecule has 0 saturated carbocycles. The number of carbonyl (C=O) groups is 1. The highest BCUT2D eigenvalue weighted by Crippen LogP contribution is 2.55. The molecular weight excluding hydrogens is 596 g/mol. The fourth-order valence-corrected chi connectivity index (χ4v) is 7.55. The summed E-state index contributed by atoms with van der Waals surface area (Å²) in [6.07, 6.45) is 5.60. The van der Waals surface area contributed by atoms with E-state index in [9.17, 15) is 14.4 Å². The molecule has 0 heterocycles. The third-order valence-corrected chi connectivity index (χ3v) is 9.54. The van der Waals surface area contributed by atoms with Gasteiger partial charge in [0, 0.05) is 74.7 Å². The lowest BCUT2D eigenvalue weighted by Gasteiger charge is -2.26. The molecule has 0 aromatic heterocycles. The van der Waals surface area contributed by atoms with Gasteiger partial charge in [0.15, 0.2) is 11.5 Å². The average Bonchev–Trinajstić information content (AvgIpc) is 3.18. The molecule has 5 aromatic rings. The van der Waals surface area contributed by atoms with Crippen LogP contribution in [0.25, 0.3) is 49.2 Å². The molecule has 1 unspecified atom stereocenters. The maximum Gasteiger partial charge on any atom is 0.230 e. The van der Waals surface area contributed by atoms with Gasteiger partial charge in [-0.05, 0) is 32.1 Å². The van der Waals surface area contributed by atoms with Crippen LogP contribution >= 0.6 is 0 Å². The molecule has 0 amide bonds. The number of hydrogen-bond donors (Lipinski definition) is 2. The number of nitrogens with one attached hydrogen (secondary N) is 2. The van der Waals surface area contributed by atoms with Crippen LogP contribution in [0.2, 0.25) is 0 Å². The molecule has 2 N–H and O–H groups in total. The summed E-state index contributed by atoms with van der Waals surface area (Å²) in [5.41, 5.74) is 2.34. The second-order valence-corrected chi connectivity index (χ2v) is 12.3. The third kappa shape index (κ3) is 4.61. The molecule has 9 nitrogen and oxygen atoms in total. The highest BCUT2D eigenvalue weighted by Gasteiger charge is 2.37. The van der Waals surface area contributed by atoms with E-state index in [1.807, 2.05) is 25.1 Å². The number of benzene rings is 5. The first-order valence-corrected chi connectivity index (χ1v) is 16.3. The van der Waals surface area contributed by atoms with E-state index in [1.165, 1.54) is 21.1 Å². The Balaban J connectivity index is 2.05. The van der Waals surface area contributed by atoms with Crippen LogP contribution in [0.3, 0.4) is 0 Å². The first kappa shape index (κ1) is 32.2. The molecule has 1 aliphatic rings. The minimum absolute atomic E-state index is 0.105. The summed E-state index contributed by atoms with van der Waals surface area (Å²) < 4.78 is 24.0. The first-order valence-electron chi connectivity index (χ1n) is 16.3. The Morgan fingerprint density at radius 3 is 1.62 bits per heavy atom. The highest BCUT2D eigenvalue weighted by molar-refractivity contribution is 6.40. The Labute approximate surface area is 273 Å². The Hall–Kier alpha value is -4.79. The Morgan fingerprint density at radius 1 is 0.681 bits per heavy atom. The number of methoxy groups -OCH3 is 4. The normalized spacial score (nSPS) is 14.2. The van der Waals surface area contributed by atoms with E-state index in [1.54, 1.807) is 14.2 Å². The highest BCUT2D eigenvalue weighted by atomic mass is 16.5. The lowest BCUT2D eigenvalue weighted by molar-refractivity contribution is -0.117. The van der Waals surface area contributed by atoms with Gasteiger partial charge in [-0.2, -0.15) is 0 Å². The minimum Gasteiger partial charge on any atom is -0.496 e. The number of unbranched alkanes of at least 4 members (excludes halogenated alkanes) is 2. The smallest absolute Gasteiger partial charge is 0.230 e. The number of carbonyl (C=O) groups excluding carboxylic acids is 1. The zero-order valence-corrected chi connectivity index (χ0v) is 28.4. The molecule has 0 saturated heterocycles. The van der Waals surface area contributed by atoms with Gasteiger partial charge in [-0.25, -0.2) is 0 Å². The van der Waals surface area contributed by atoms with Gasteiger partial charge in [-0.15, -0.1) is 0 Å². The largest absolute Gasteiger partial charge is 0.496 e. The van der Waals surface area contributed by atoms with Gasteiger partial charge >= 0.3 is 0 Å². The molecule has 6 rings (SSSR count). The van der Waals surface area contributed by atoms with E-state index in [0.717, 1.165) is 25.7 Å². The van der Waals surface area contributed by atoms with E-state index in [0.29, 0.717) is 95.8 Å². The molecule has 9 heteroatoms. The van der Waals surface area contributed by atoms with Crippen LogP contribution < -0.4 is 40.4 Å². The lowest BCUT2D eigenvalue weighted by Crippen LogP contribution is -2.19. The number of allylic oxidation sites excluding steroid dienone is 1. The maximum absolute atomic E-state index is 14.7. The molecule has 1 atom stereocenters. The van der Waals surface area contributed by atoms with Crippen molar-refractivity contribution >= 4 is 66.3 Å². The monoisotopic (exact) mass is 638 g/mol. The predicted molar refractivity (Wildman–Crippen MR) is 191 cm³/mol. The summed E-state index contributed by atoms with van der Waals surface area (Å²) in [4.78, 5) is 42.8. The first-order chi connectivity index (χ1) is 22.7. The summed E-state index contributed by atoms with van der Waals surface area (Å²) in [6, 6.07) is 3.69. The van der Waals surface area contributed by atoms with E-state index in [2.05, 4.69) is 24.5 Å². The quantitative estimate of drug-likeness (QED) is 0.0772. The van der Waals surface area contributed by atoms with E-state index in [-0.39, 0.29) is 28.1 Å². The molecule has 0 spiro atoms. The second kappa shape index (κ2) is 12.4. The number of rotatable bonds is 13. The van der Waals surface area contributed by atoms with Gasteiger partial charge in [-0.3, -0.25) is 14.4 Å². The average molecular weight is 639 g/mol. The second-order valence-electron chi connectivity index (χ2n) is 12.3. The van der Waals surface area contributed by atoms with Crippen LogP contribution in [0.4, 0.5) is 11.4 Å². The molecular formula is C38H42N2O7. The number of Topliss-reactive ketones (excluding diaryl/α,β-unsaturated/α-hetero) is 1. The summed E-state index contributed by atoms with van der Waals surface area (Å²) in [5.74, 6) is 0.360. The minimum atomic E-state index is -0.802. The van der Waals surface area contributed by atoms with Crippen molar-refractivity contribution in [3.63, 3.8) is 0 Å². The molecule has 246 valence electrons. The summed E-state index contributed by atoms with van der Waals surface area (Å²) in [7, 11) is 6.15. The van der Waals surface area contributed by atoms with E-state index >= 15 is 0 Å². The van der Waals surface area contributed by atoms with Crippen molar-refractivity contribution in [2.45, 2.75) is 59.3 Å². The fourth-order valence-electron chi connectivity index (χ4n) is 7.55. The van der Waals surface area contributed by atoms with Crippen molar-refractivity contribution in [2.24, 2.45) is 0 Å². The topological polar surface area (TPSA) is 112 Å². The van der Waals surface area contributed by atoms with Crippen LogP contribution in [0.5, 0.6) is 23.0 Å². The van der Waals surface area contributed by atoms with Crippen LogP contribution in [-0.4, -0.2) is 47.3 Å². The Kier molecular flexibility index (Phi) is 8.51. The molecule has 0 bridgehead atoms. The van der Waals surface area contributed by atoms with Gasteiger partial charge in [0.05, 0.1) is 45.1 Å². The van der Waals surface area contributed by atoms with Gasteiger partial charge < -0.3 is 29.6 Å². The molecule has 47 heavy (non-hydrogen) atoms. The standard InChI is InChI=1S/C38H42N2O7/c1-9-11-13-39-21-16-23(44-5)29-30-24(45-6)17-22(40-14-12-10-2)28-33(30)32-26-20(37(46-7)35(42)27(21)31(26)29)15-18(3)25(19(4)41)34(32)38(47-8)36(28)43/h15-17,25,39-40H,9-14H2,1-8H3. The van der Waals surface area contributed by atoms with Gasteiger partial charge in [-0.1, -0.05) is 38.3 Å². The van der Waals surface area contributed by atoms with Crippen molar-refractivity contribution in [1.29, 1.82) is 0 Å². The molecule has 5 aromatic carbocycles. The van der Waals surface area contributed by atoms with Crippen molar-refractivity contribution in [3.05, 3.63) is 49.3 Å². The summed E-state index contributed by atoms with van der Waals surface area (Å²) in [5, 5.41) is 11.8. The predicted octanol–water partition coefficient (Wildman–Crippen LogP) is 7.44. The molecule has 1 aliphatic carbocycles. The van der Waals surface area contributed by atoms with E-state index < -0.39 is 5.92 Å². The zero-order chi connectivity index (χ0) is 33.7. The number of fused-ring (bicyclic) bond motifs is 1. The summed E-state index contributed by atoms with van der Waals surface area (Å²) >= 11 is 0. The van der Waals surface area contributed by atoms with Crippen LogP contribution in [0, 0.1) is 0 Å². The Bertz CT molecular complexity index is 2210. The SMILES string of the molecule is CCCCNc1cc(OC)c2c3c(OC)cc(NCCCC)c4c(=O)c(OC)c5c(c6c(c(OC)c(=O)c1c26)C=C(C)C5C(C)=O)c43. The van der Waals surface area contributed by atoms with E-state index in [4.69, 9.17) is 18.9 Å². The Morgan fingerprint density at radius 2 is 1.17 bits per heavy atom. The number of ketones is 1.